The SMILES string of the molecule is CCCCC(=O)NCC1(NC(=O)COC(C)(C)C(F)(F)F)CCCC1. The van der Waals surface area contributed by atoms with Gasteiger partial charge in [-0.15, -0.1) is 0 Å². The van der Waals surface area contributed by atoms with Gasteiger partial charge in [-0.25, -0.2) is 0 Å². The summed E-state index contributed by atoms with van der Waals surface area (Å²) in [4.78, 5) is 23.9. The maximum absolute atomic E-state index is 12.8. The van der Waals surface area contributed by atoms with Crippen LogP contribution in [0, 0.1) is 0 Å². The first-order chi connectivity index (χ1) is 11.5. The fourth-order valence-corrected chi connectivity index (χ4v) is 2.75. The normalized spacial score (nSPS) is 17.4. The predicted octanol–water partition coefficient (Wildman–Crippen LogP) is 3.08. The van der Waals surface area contributed by atoms with E-state index in [0.717, 1.165) is 39.5 Å². The molecule has 1 fully saturated rings. The number of unbranched alkanes of at least 4 members (excludes halogenated alkanes) is 1. The van der Waals surface area contributed by atoms with E-state index in [-0.39, 0.29) is 5.91 Å². The molecule has 2 N–H and O–H groups in total. The molecule has 0 saturated heterocycles. The standard InChI is InChI=1S/C17H29F3N2O3/c1-4-5-8-13(23)21-12-16(9-6-7-10-16)22-14(24)11-25-15(2,3)17(18,19)20/h4-12H2,1-3H3,(H,21,23)(H,22,24). The quantitative estimate of drug-likeness (QED) is 0.659. The van der Waals surface area contributed by atoms with Crippen LogP contribution in [0.4, 0.5) is 13.2 Å². The first-order valence-corrected chi connectivity index (χ1v) is 8.80. The molecule has 0 aromatic carbocycles. The first kappa shape index (κ1) is 21.7. The van der Waals surface area contributed by atoms with Crippen molar-refractivity contribution in [3.8, 4) is 0 Å². The number of rotatable bonds is 9. The van der Waals surface area contributed by atoms with Crippen molar-refractivity contribution in [2.45, 2.75) is 83.0 Å². The Hall–Kier alpha value is -1.31. The summed E-state index contributed by atoms with van der Waals surface area (Å²) < 4.78 is 43.1. The van der Waals surface area contributed by atoms with Crippen molar-refractivity contribution in [1.29, 1.82) is 0 Å². The minimum atomic E-state index is -4.55. The molecule has 0 aromatic heterocycles. The third kappa shape index (κ3) is 6.84. The Balaban J connectivity index is 2.54. The highest BCUT2D eigenvalue weighted by atomic mass is 19.4. The number of halogens is 3. The second-order valence-corrected chi connectivity index (χ2v) is 7.21. The summed E-state index contributed by atoms with van der Waals surface area (Å²) in [5.41, 5.74) is -2.98. The number of alkyl halides is 3. The van der Waals surface area contributed by atoms with Gasteiger partial charge in [0.1, 0.15) is 6.61 Å². The molecule has 0 atom stereocenters. The van der Waals surface area contributed by atoms with Crippen LogP contribution in [0.25, 0.3) is 0 Å². The smallest absolute Gasteiger partial charge is 0.356 e. The molecule has 25 heavy (non-hydrogen) atoms. The van der Waals surface area contributed by atoms with Gasteiger partial charge in [0.05, 0.1) is 5.54 Å². The average molecular weight is 366 g/mol. The van der Waals surface area contributed by atoms with E-state index in [1.807, 2.05) is 6.92 Å². The molecule has 0 aromatic rings. The molecule has 146 valence electrons. The lowest BCUT2D eigenvalue weighted by molar-refractivity contribution is -0.261. The molecule has 8 heteroatoms. The van der Waals surface area contributed by atoms with E-state index in [0.29, 0.717) is 25.8 Å². The molecule has 0 bridgehead atoms. The van der Waals surface area contributed by atoms with Gasteiger partial charge >= 0.3 is 6.18 Å². The second kappa shape index (κ2) is 8.87. The van der Waals surface area contributed by atoms with Gasteiger partial charge in [0, 0.05) is 13.0 Å². The highest BCUT2D eigenvalue weighted by Crippen LogP contribution is 2.33. The summed E-state index contributed by atoms with van der Waals surface area (Å²) in [6.45, 7) is 3.40. The predicted molar refractivity (Wildman–Crippen MR) is 88.0 cm³/mol. The number of amides is 2. The fourth-order valence-electron chi connectivity index (χ4n) is 2.75. The van der Waals surface area contributed by atoms with Gasteiger partial charge < -0.3 is 15.4 Å². The Morgan fingerprint density at radius 2 is 1.72 bits per heavy atom. The second-order valence-electron chi connectivity index (χ2n) is 7.21. The monoisotopic (exact) mass is 366 g/mol. The molecule has 5 nitrogen and oxygen atoms in total. The van der Waals surface area contributed by atoms with Crippen LogP contribution in [0.5, 0.6) is 0 Å². The van der Waals surface area contributed by atoms with Crippen LogP contribution >= 0.6 is 0 Å². The van der Waals surface area contributed by atoms with E-state index in [9.17, 15) is 22.8 Å². The van der Waals surface area contributed by atoms with Crippen molar-refractivity contribution in [1.82, 2.24) is 10.6 Å². The maximum atomic E-state index is 12.8. The summed E-state index contributed by atoms with van der Waals surface area (Å²) in [7, 11) is 0. The van der Waals surface area contributed by atoms with Gasteiger partial charge in [-0.1, -0.05) is 26.2 Å². The number of carbonyl (C=O) groups is 2. The summed E-state index contributed by atoms with van der Waals surface area (Å²) in [5.74, 6) is -0.668. The maximum Gasteiger partial charge on any atom is 0.416 e. The summed E-state index contributed by atoms with van der Waals surface area (Å²) >= 11 is 0. The lowest BCUT2D eigenvalue weighted by Gasteiger charge is -2.32. The van der Waals surface area contributed by atoms with E-state index in [4.69, 9.17) is 4.74 Å². The minimum absolute atomic E-state index is 0.0724. The highest BCUT2D eigenvalue weighted by molar-refractivity contribution is 5.79. The molecule has 1 aliphatic rings. The van der Waals surface area contributed by atoms with Crippen LogP contribution in [0.1, 0.15) is 65.7 Å². The van der Waals surface area contributed by atoms with Crippen molar-refractivity contribution < 1.29 is 27.5 Å². The van der Waals surface area contributed by atoms with Crippen LogP contribution in [0.3, 0.4) is 0 Å². The van der Waals surface area contributed by atoms with Crippen LogP contribution in [-0.4, -0.2) is 42.3 Å². The number of hydrogen-bond donors (Lipinski definition) is 2. The van der Waals surface area contributed by atoms with E-state index in [1.54, 1.807) is 0 Å². The summed E-state index contributed by atoms with van der Waals surface area (Å²) in [6, 6.07) is 0. The Labute approximate surface area is 147 Å². The Morgan fingerprint density at radius 1 is 1.12 bits per heavy atom. The van der Waals surface area contributed by atoms with E-state index < -0.39 is 29.8 Å². The highest BCUT2D eigenvalue weighted by Gasteiger charge is 2.49. The van der Waals surface area contributed by atoms with Gasteiger partial charge in [-0.3, -0.25) is 9.59 Å². The van der Waals surface area contributed by atoms with Crippen LogP contribution in [0.15, 0.2) is 0 Å². The van der Waals surface area contributed by atoms with Crippen molar-refractivity contribution in [2.24, 2.45) is 0 Å². The summed E-state index contributed by atoms with van der Waals surface area (Å²) in [6.07, 6.45) is 0.785. The van der Waals surface area contributed by atoms with Crippen LogP contribution < -0.4 is 10.6 Å². The van der Waals surface area contributed by atoms with Crippen molar-refractivity contribution >= 4 is 11.8 Å². The fraction of sp³-hybridized carbons (Fsp3) is 0.882. The molecular formula is C17H29F3N2O3. The molecule has 1 rings (SSSR count). The Kier molecular flexibility index (Phi) is 7.71. The van der Waals surface area contributed by atoms with Crippen molar-refractivity contribution in [2.75, 3.05) is 13.2 Å². The summed E-state index contributed by atoms with van der Waals surface area (Å²) in [5, 5.41) is 5.61. The molecule has 0 heterocycles. The third-order valence-corrected chi connectivity index (χ3v) is 4.59. The number of hydrogen-bond acceptors (Lipinski definition) is 3. The third-order valence-electron chi connectivity index (χ3n) is 4.59. The molecule has 0 spiro atoms. The number of nitrogens with one attached hydrogen (secondary N) is 2. The molecule has 0 aliphatic heterocycles. The van der Waals surface area contributed by atoms with Gasteiger partial charge in [0.25, 0.3) is 0 Å². The molecular weight excluding hydrogens is 337 g/mol. The minimum Gasteiger partial charge on any atom is -0.356 e. The van der Waals surface area contributed by atoms with Gasteiger partial charge in [0.2, 0.25) is 11.8 Å². The largest absolute Gasteiger partial charge is 0.416 e. The van der Waals surface area contributed by atoms with E-state index in [2.05, 4.69) is 10.6 Å². The van der Waals surface area contributed by atoms with E-state index >= 15 is 0 Å². The lowest BCUT2D eigenvalue weighted by Crippen LogP contribution is -2.55. The molecule has 2 amide bonds. The molecule has 1 aliphatic carbocycles. The van der Waals surface area contributed by atoms with Crippen molar-refractivity contribution in [3.63, 3.8) is 0 Å². The lowest BCUT2D eigenvalue weighted by atomic mass is 9.97. The van der Waals surface area contributed by atoms with Gasteiger partial charge in [-0.05, 0) is 33.1 Å². The number of carbonyl (C=O) groups excluding carboxylic acids is 2. The van der Waals surface area contributed by atoms with Gasteiger partial charge in [-0.2, -0.15) is 13.2 Å². The first-order valence-electron chi connectivity index (χ1n) is 8.80. The van der Waals surface area contributed by atoms with Crippen LogP contribution in [-0.2, 0) is 14.3 Å². The van der Waals surface area contributed by atoms with Gasteiger partial charge in [0.15, 0.2) is 5.60 Å². The van der Waals surface area contributed by atoms with E-state index in [1.165, 1.54) is 0 Å². The molecule has 0 radical (unpaired) electrons. The average Bonchev–Trinajstić information content (AvgIpc) is 2.96. The number of ether oxygens (including phenoxy) is 1. The molecule has 0 unspecified atom stereocenters. The topological polar surface area (TPSA) is 67.4 Å². The zero-order valence-corrected chi connectivity index (χ0v) is 15.2. The molecule has 1 saturated carbocycles. The zero-order chi connectivity index (χ0) is 19.1. The Bertz CT molecular complexity index is 459. The van der Waals surface area contributed by atoms with Crippen molar-refractivity contribution in [3.05, 3.63) is 0 Å². The zero-order valence-electron chi connectivity index (χ0n) is 15.2. The van der Waals surface area contributed by atoms with Crippen LogP contribution in [0.2, 0.25) is 0 Å². The Morgan fingerprint density at radius 3 is 2.24 bits per heavy atom.